The van der Waals surface area contributed by atoms with Crippen molar-refractivity contribution >= 4 is 11.8 Å². The van der Waals surface area contributed by atoms with E-state index in [-0.39, 0.29) is 25.0 Å². The highest BCUT2D eigenvalue weighted by atomic mass is 16.5. The van der Waals surface area contributed by atoms with Gasteiger partial charge in [-0.3, -0.25) is 9.59 Å². The van der Waals surface area contributed by atoms with Crippen LogP contribution in [0.15, 0.2) is 36.4 Å². The molecule has 2 aromatic carbocycles. The summed E-state index contributed by atoms with van der Waals surface area (Å²) in [6, 6.07) is 10.8. The number of amides is 2. The number of aryl methyl sites for hydroxylation is 2. The molecule has 0 radical (unpaired) electrons. The summed E-state index contributed by atoms with van der Waals surface area (Å²) >= 11 is 0. The lowest BCUT2D eigenvalue weighted by Gasteiger charge is -2.28. The smallest absolute Gasteiger partial charge is 0.261 e. The van der Waals surface area contributed by atoms with Gasteiger partial charge < -0.3 is 19.7 Å². The summed E-state index contributed by atoms with van der Waals surface area (Å²) in [7, 11) is 3.15. The Balaban J connectivity index is 2.21. The van der Waals surface area contributed by atoms with Gasteiger partial charge in [0.1, 0.15) is 17.5 Å². The van der Waals surface area contributed by atoms with Crippen LogP contribution in [-0.4, -0.2) is 43.5 Å². The number of carbonyl (C=O) groups is 2. The first-order valence-electron chi connectivity index (χ1n) is 9.61. The van der Waals surface area contributed by atoms with Gasteiger partial charge in [0.2, 0.25) is 5.91 Å². The van der Waals surface area contributed by atoms with E-state index in [4.69, 9.17) is 9.47 Å². The average Bonchev–Trinajstić information content (AvgIpc) is 2.72. The van der Waals surface area contributed by atoms with Crippen LogP contribution in [0, 0.1) is 20.8 Å². The van der Waals surface area contributed by atoms with Crippen molar-refractivity contribution in [2.75, 3.05) is 20.8 Å². The standard InChI is InChI=1S/C23H30N2O4/c1-15-10-16(2)17(3)21(11-15)29-14-22(26)25(18(4)23(27)24-5)13-19-8-7-9-20(12-19)28-6/h7-12,18H,13-14H2,1-6H3,(H,24,27)/t18-/m0/s1. The van der Waals surface area contributed by atoms with E-state index < -0.39 is 6.04 Å². The predicted octanol–water partition coefficient (Wildman–Crippen LogP) is 3.16. The Morgan fingerprint density at radius 1 is 1.14 bits per heavy atom. The maximum Gasteiger partial charge on any atom is 0.261 e. The van der Waals surface area contributed by atoms with Crippen LogP contribution in [0.3, 0.4) is 0 Å². The van der Waals surface area contributed by atoms with Crippen LogP contribution in [-0.2, 0) is 16.1 Å². The topological polar surface area (TPSA) is 67.9 Å². The number of methoxy groups -OCH3 is 1. The van der Waals surface area contributed by atoms with Gasteiger partial charge in [-0.1, -0.05) is 18.2 Å². The zero-order valence-electron chi connectivity index (χ0n) is 18.0. The van der Waals surface area contributed by atoms with Gasteiger partial charge in [0.15, 0.2) is 6.61 Å². The molecule has 156 valence electrons. The molecular formula is C23H30N2O4. The minimum absolute atomic E-state index is 0.144. The highest BCUT2D eigenvalue weighted by Crippen LogP contribution is 2.23. The molecule has 0 fully saturated rings. The van der Waals surface area contributed by atoms with Crippen molar-refractivity contribution in [1.29, 1.82) is 0 Å². The Kier molecular flexibility index (Phi) is 7.65. The molecule has 2 amide bonds. The highest BCUT2D eigenvalue weighted by molar-refractivity contribution is 5.87. The molecule has 0 spiro atoms. The number of nitrogens with zero attached hydrogens (tertiary/aromatic N) is 1. The minimum atomic E-state index is -0.636. The van der Waals surface area contributed by atoms with Crippen LogP contribution in [0.5, 0.6) is 11.5 Å². The van der Waals surface area contributed by atoms with E-state index in [1.54, 1.807) is 21.1 Å². The third-order valence-corrected chi connectivity index (χ3v) is 5.02. The average molecular weight is 399 g/mol. The van der Waals surface area contributed by atoms with Crippen molar-refractivity contribution in [3.05, 3.63) is 58.7 Å². The Morgan fingerprint density at radius 3 is 2.52 bits per heavy atom. The van der Waals surface area contributed by atoms with Gasteiger partial charge in [-0.15, -0.1) is 0 Å². The normalized spacial score (nSPS) is 11.5. The third-order valence-electron chi connectivity index (χ3n) is 5.02. The van der Waals surface area contributed by atoms with Gasteiger partial charge in [0.25, 0.3) is 5.91 Å². The molecule has 6 heteroatoms. The second-order valence-corrected chi connectivity index (χ2v) is 7.16. The summed E-state index contributed by atoms with van der Waals surface area (Å²) < 4.78 is 11.1. The van der Waals surface area contributed by atoms with Crippen LogP contribution >= 0.6 is 0 Å². The summed E-state index contributed by atoms with van der Waals surface area (Å²) in [6.07, 6.45) is 0. The Hall–Kier alpha value is -3.02. The third kappa shape index (κ3) is 5.73. The van der Waals surface area contributed by atoms with E-state index in [2.05, 4.69) is 11.4 Å². The Bertz CT molecular complexity index is 879. The molecule has 0 aliphatic carbocycles. The minimum Gasteiger partial charge on any atom is -0.497 e. The second kappa shape index (κ2) is 9.96. The fourth-order valence-corrected chi connectivity index (χ4v) is 3.13. The molecule has 0 aliphatic heterocycles. The largest absolute Gasteiger partial charge is 0.497 e. The lowest BCUT2D eigenvalue weighted by Crippen LogP contribution is -2.48. The molecule has 1 atom stereocenters. The first-order valence-corrected chi connectivity index (χ1v) is 9.61. The van der Waals surface area contributed by atoms with Crippen molar-refractivity contribution in [3.8, 4) is 11.5 Å². The summed E-state index contributed by atoms with van der Waals surface area (Å²) in [6.45, 7) is 7.81. The van der Waals surface area contributed by atoms with E-state index in [0.29, 0.717) is 11.5 Å². The van der Waals surface area contributed by atoms with Gasteiger partial charge in [0, 0.05) is 13.6 Å². The number of likely N-dealkylation sites (N-methyl/N-ethyl adjacent to an activating group) is 1. The van der Waals surface area contributed by atoms with E-state index in [1.807, 2.05) is 51.1 Å². The number of nitrogens with one attached hydrogen (secondary N) is 1. The zero-order chi connectivity index (χ0) is 21.6. The van der Waals surface area contributed by atoms with Crippen molar-refractivity contribution in [3.63, 3.8) is 0 Å². The maximum atomic E-state index is 13.0. The Labute approximate surface area is 172 Å². The molecule has 0 bridgehead atoms. The van der Waals surface area contributed by atoms with Gasteiger partial charge >= 0.3 is 0 Å². The van der Waals surface area contributed by atoms with Crippen LogP contribution < -0.4 is 14.8 Å². The molecule has 0 aromatic heterocycles. The van der Waals surface area contributed by atoms with E-state index >= 15 is 0 Å². The van der Waals surface area contributed by atoms with Crippen LogP contribution in [0.25, 0.3) is 0 Å². The van der Waals surface area contributed by atoms with E-state index in [1.165, 1.54) is 4.90 Å². The second-order valence-electron chi connectivity index (χ2n) is 7.16. The fourth-order valence-electron chi connectivity index (χ4n) is 3.13. The number of hydrogen-bond acceptors (Lipinski definition) is 4. The molecule has 0 aliphatic rings. The van der Waals surface area contributed by atoms with Gasteiger partial charge in [-0.25, -0.2) is 0 Å². The summed E-state index contributed by atoms with van der Waals surface area (Å²) in [5, 5.41) is 2.61. The zero-order valence-corrected chi connectivity index (χ0v) is 18.0. The van der Waals surface area contributed by atoms with Gasteiger partial charge in [-0.05, 0) is 68.1 Å². The summed E-state index contributed by atoms with van der Waals surface area (Å²) in [4.78, 5) is 26.7. The van der Waals surface area contributed by atoms with Crippen LogP contribution in [0.4, 0.5) is 0 Å². The van der Waals surface area contributed by atoms with Crippen molar-refractivity contribution in [1.82, 2.24) is 10.2 Å². The molecule has 0 unspecified atom stereocenters. The van der Waals surface area contributed by atoms with E-state index in [0.717, 1.165) is 22.3 Å². The van der Waals surface area contributed by atoms with Crippen LogP contribution in [0.2, 0.25) is 0 Å². The van der Waals surface area contributed by atoms with Crippen molar-refractivity contribution < 1.29 is 19.1 Å². The number of carbonyl (C=O) groups excluding carboxylic acids is 2. The monoisotopic (exact) mass is 398 g/mol. The number of ether oxygens (including phenoxy) is 2. The molecule has 0 saturated carbocycles. The van der Waals surface area contributed by atoms with Gasteiger partial charge in [-0.2, -0.15) is 0 Å². The predicted molar refractivity (Wildman–Crippen MR) is 113 cm³/mol. The van der Waals surface area contributed by atoms with Crippen molar-refractivity contribution in [2.24, 2.45) is 0 Å². The lowest BCUT2D eigenvalue weighted by atomic mass is 10.1. The Morgan fingerprint density at radius 2 is 1.86 bits per heavy atom. The molecule has 2 rings (SSSR count). The van der Waals surface area contributed by atoms with E-state index in [9.17, 15) is 9.59 Å². The van der Waals surface area contributed by atoms with Crippen molar-refractivity contribution in [2.45, 2.75) is 40.3 Å². The first kappa shape index (κ1) is 22.3. The molecule has 2 aromatic rings. The SMILES string of the molecule is CNC(=O)[C@H](C)N(Cc1cccc(OC)c1)C(=O)COc1cc(C)cc(C)c1C. The van der Waals surface area contributed by atoms with Gasteiger partial charge in [0.05, 0.1) is 7.11 Å². The lowest BCUT2D eigenvalue weighted by molar-refractivity contribution is -0.142. The number of benzene rings is 2. The first-order chi connectivity index (χ1) is 13.8. The molecule has 6 nitrogen and oxygen atoms in total. The summed E-state index contributed by atoms with van der Waals surface area (Å²) in [5.74, 6) is 0.890. The maximum absolute atomic E-state index is 13.0. The molecule has 0 saturated heterocycles. The molecule has 1 N–H and O–H groups in total. The molecule has 0 heterocycles. The quantitative estimate of drug-likeness (QED) is 0.742. The summed E-state index contributed by atoms with van der Waals surface area (Å²) in [5.41, 5.74) is 4.06. The molecular weight excluding hydrogens is 368 g/mol. The fraction of sp³-hybridized carbons (Fsp3) is 0.391. The van der Waals surface area contributed by atoms with Crippen LogP contribution in [0.1, 0.15) is 29.2 Å². The number of rotatable bonds is 8. The number of hydrogen-bond donors (Lipinski definition) is 1. The highest BCUT2D eigenvalue weighted by Gasteiger charge is 2.26. The molecule has 29 heavy (non-hydrogen) atoms.